The summed E-state index contributed by atoms with van der Waals surface area (Å²) < 4.78 is 15.0. The number of methoxy groups -OCH3 is 2. The van der Waals surface area contributed by atoms with Crippen molar-refractivity contribution in [2.45, 2.75) is 0 Å². The summed E-state index contributed by atoms with van der Waals surface area (Å²) in [6.45, 7) is -0.538. The second-order valence-electron chi connectivity index (χ2n) is 4.62. The van der Waals surface area contributed by atoms with E-state index >= 15 is 0 Å². The van der Waals surface area contributed by atoms with E-state index in [0.717, 1.165) is 0 Å². The molecule has 2 aromatic rings. The number of hydrogen-bond acceptors (Lipinski definition) is 8. The maximum atomic E-state index is 11.9. The van der Waals surface area contributed by atoms with Gasteiger partial charge in [0.05, 0.1) is 19.1 Å². The van der Waals surface area contributed by atoms with Crippen LogP contribution in [0, 0.1) is 10.1 Å². The van der Waals surface area contributed by atoms with Crippen molar-refractivity contribution in [1.82, 2.24) is 0 Å². The molecule has 0 saturated carbocycles. The van der Waals surface area contributed by atoms with Crippen molar-refractivity contribution >= 4 is 33.9 Å². The molecule has 0 unspecified atom stereocenters. The fraction of sp³-hybridized carbons (Fsp3) is 0.200. The van der Waals surface area contributed by atoms with Crippen molar-refractivity contribution in [2.24, 2.45) is 0 Å². The summed E-state index contributed by atoms with van der Waals surface area (Å²) in [4.78, 5) is 33.7. The second kappa shape index (κ2) is 8.11. The molecule has 1 heterocycles. The predicted octanol–water partition coefficient (Wildman–Crippen LogP) is 2.47. The van der Waals surface area contributed by atoms with Crippen molar-refractivity contribution < 1.29 is 28.7 Å². The van der Waals surface area contributed by atoms with Gasteiger partial charge in [-0.3, -0.25) is 14.9 Å². The van der Waals surface area contributed by atoms with Gasteiger partial charge in [-0.05, 0) is 6.07 Å². The van der Waals surface area contributed by atoms with Crippen LogP contribution in [0.2, 0.25) is 0 Å². The molecule has 132 valence electrons. The van der Waals surface area contributed by atoms with Crippen molar-refractivity contribution in [3.05, 3.63) is 45.3 Å². The van der Waals surface area contributed by atoms with E-state index < -0.39 is 23.4 Å². The third-order valence-corrected chi connectivity index (χ3v) is 3.96. The monoisotopic (exact) mass is 366 g/mol. The Balaban J connectivity index is 1.94. The number of thiophene rings is 1. The molecule has 1 aromatic carbocycles. The number of anilines is 1. The van der Waals surface area contributed by atoms with Gasteiger partial charge in [-0.15, -0.1) is 0 Å². The molecule has 2 rings (SSSR count). The standard InChI is InChI=1S/C15H14N2O7S/c1-22-10-5-9(6-11(7-10)23-2)16-13(18)8-24-15(19)12-3-4-14(25-12)17(20)21/h3-7H,8H2,1-2H3,(H,16,18). The van der Waals surface area contributed by atoms with Gasteiger partial charge in [0.1, 0.15) is 16.4 Å². The predicted molar refractivity (Wildman–Crippen MR) is 89.4 cm³/mol. The number of hydrogen-bond donors (Lipinski definition) is 1. The highest BCUT2D eigenvalue weighted by Gasteiger charge is 2.17. The Hall–Kier alpha value is -3.14. The van der Waals surface area contributed by atoms with Crippen LogP contribution in [0.25, 0.3) is 0 Å². The molecule has 0 aliphatic carbocycles. The van der Waals surface area contributed by atoms with E-state index in [2.05, 4.69) is 5.32 Å². The van der Waals surface area contributed by atoms with Crippen LogP contribution in [0.4, 0.5) is 10.7 Å². The van der Waals surface area contributed by atoms with Crippen LogP contribution < -0.4 is 14.8 Å². The quantitative estimate of drug-likeness (QED) is 0.454. The Morgan fingerprint density at radius 2 is 1.80 bits per heavy atom. The lowest BCUT2D eigenvalue weighted by Crippen LogP contribution is -2.20. The topological polar surface area (TPSA) is 117 Å². The normalized spacial score (nSPS) is 10.0. The Morgan fingerprint density at radius 3 is 2.32 bits per heavy atom. The number of benzene rings is 1. The molecular formula is C15H14N2O7S. The number of carbonyl (C=O) groups excluding carboxylic acids is 2. The van der Waals surface area contributed by atoms with Crippen molar-refractivity contribution in [2.75, 3.05) is 26.1 Å². The van der Waals surface area contributed by atoms with Crippen LogP contribution >= 0.6 is 11.3 Å². The van der Waals surface area contributed by atoms with Crippen LogP contribution in [0.1, 0.15) is 9.67 Å². The second-order valence-corrected chi connectivity index (χ2v) is 5.68. The number of nitrogens with one attached hydrogen (secondary N) is 1. The molecule has 0 saturated heterocycles. The third-order valence-electron chi connectivity index (χ3n) is 2.94. The first-order chi connectivity index (χ1) is 11.9. The Morgan fingerprint density at radius 1 is 1.16 bits per heavy atom. The number of carbonyl (C=O) groups is 2. The fourth-order valence-electron chi connectivity index (χ4n) is 1.81. The van der Waals surface area contributed by atoms with Crippen LogP contribution in [-0.4, -0.2) is 37.6 Å². The summed E-state index contributed by atoms with van der Waals surface area (Å²) in [6, 6.07) is 7.26. The molecule has 1 aromatic heterocycles. The largest absolute Gasteiger partial charge is 0.497 e. The summed E-state index contributed by atoms with van der Waals surface area (Å²) in [7, 11) is 2.95. The van der Waals surface area contributed by atoms with Gasteiger partial charge in [0, 0.05) is 30.0 Å². The van der Waals surface area contributed by atoms with Crippen molar-refractivity contribution in [3.63, 3.8) is 0 Å². The van der Waals surface area contributed by atoms with Gasteiger partial charge >= 0.3 is 11.0 Å². The van der Waals surface area contributed by atoms with Gasteiger partial charge in [0.2, 0.25) is 0 Å². The van der Waals surface area contributed by atoms with E-state index in [4.69, 9.17) is 14.2 Å². The van der Waals surface area contributed by atoms with Crippen LogP contribution in [-0.2, 0) is 9.53 Å². The average Bonchev–Trinajstić information content (AvgIpc) is 3.09. The SMILES string of the molecule is COc1cc(NC(=O)COC(=O)c2ccc([N+](=O)[O-])s2)cc(OC)c1. The lowest BCUT2D eigenvalue weighted by atomic mass is 10.2. The minimum Gasteiger partial charge on any atom is -0.497 e. The lowest BCUT2D eigenvalue weighted by molar-refractivity contribution is -0.380. The maximum absolute atomic E-state index is 11.9. The number of ether oxygens (including phenoxy) is 3. The van der Waals surface area contributed by atoms with E-state index in [1.165, 1.54) is 26.4 Å². The van der Waals surface area contributed by atoms with Crippen molar-refractivity contribution in [3.8, 4) is 11.5 Å². The van der Waals surface area contributed by atoms with E-state index in [0.29, 0.717) is 28.5 Å². The first-order valence-electron chi connectivity index (χ1n) is 6.87. The molecule has 0 aliphatic heterocycles. The van der Waals surface area contributed by atoms with Gasteiger partial charge in [-0.1, -0.05) is 11.3 Å². The Bertz CT molecular complexity index is 781. The average molecular weight is 366 g/mol. The first kappa shape index (κ1) is 18.2. The van der Waals surface area contributed by atoms with Gasteiger partial charge in [0.15, 0.2) is 6.61 Å². The Kier molecular flexibility index (Phi) is 5.90. The van der Waals surface area contributed by atoms with E-state index in [1.807, 2.05) is 0 Å². The summed E-state index contributed by atoms with van der Waals surface area (Å²) in [5.74, 6) is -0.415. The number of nitrogens with zero attached hydrogens (tertiary/aromatic N) is 1. The number of amides is 1. The molecular weight excluding hydrogens is 352 g/mol. The van der Waals surface area contributed by atoms with Crippen LogP contribution in [0.5, 0.6) is 11.5 Å². The highest BCUT2D eigenvalue weighted by Crippen LogP contribution is 2.26. The molecule has 1 amide bonds. The molecule has 9 nitrogen and oxygen atoms in total. The van der Waals surface area contributed by atoms with E-state index in [1.54, 1.807) is 18.2 Å². The molecule has 0 fully saturated rings. The Labute approximate surface area is 146 Å². The highest BCUT2D eigenvalue weighted by molar-refractivity contribution is 7.17. The van der Waals surface area contributed by atoms with Gasteiger partial charge in [0.25, 0.3) is 5.91 Å². The van der Waals surface area contributed by atoms with E-state index in [9.17, 15) is 19.7 Å². The number of esters is 1. The minimum absolute atomic E-state index is 0.0440. The highest BCUT2D eigenvalue weighted by atomic mass is 32.1. The molecule has 0 bridgehead atoms. The minimum atomic E-state index is -0.809. The summed E-state index contributed by atoms with van der Waals surface area (Å²) in [5, 5.41) is 12.9. The first-order valence-corrected chi connectivity index (χ1v) is 7.69. The maximum Gasteiger partial charge on any atom is 0.349 e. The molecule has 1 N–H and O–H groups in total. The molecule has 0 atom stereocenters. The summed E-state index contributed by atoms with van der Waals surface area (Å²) >= 11 is 0.676. The smallest absolute Gasteiger partial charge is 0.349 e. The van der Waals surface area contributed by atoms with E-state index in [-0.39, 0.29) is 9.88 Å². The van der Waals surface area contributed by atoms with Crippen LogP contribution in [0.15, 0.2) is 30.3 Å². The summed E-state index contributed by atoms with van der Waals surface area (Å²) in [5.41, 5.74) is 0.406. The molecule has 10 heteroatoms. The van der Waals surface area contributed by atoms with Gasteiger partial charge in [-0.25, -0.2) is 4.79 Å². The third kappa shape index (κ3) is 4.91. The number of nitro groups is 1. The van der Waals surface area contributed by atoms with Crippen LogP contribution in [0.3, 0.4) is 0 Å². The summed E-state index contributed by atoms with van der Waals surface area (Å²) in [6.07, 6.45) is 0. The zero-order valence-corrected chi connectivity index (χ0v) is 14.1. The number of rotatable bonds is 7. The molecule has 25 heavy (non-hydrogen) atoms. The molecule has 0 radical (unpaired) electrons. The van der Waals surface area contributed by atoms with Gasteiger partial charge < -0.3 is 19.5 Å². The lowest BCUT2D eigenvalue weighted by Gasteiger charge is -2.10. The molecule has 0 spiro atoms. The molecule has 0 aliphatic rings. The fourth-order valence-corrected chi connectivity index (χ4v) is 2.53. The zero-order valence-electron chi connectivity index (χ0n) is 13.3. The van der Waals surface area contributed by atoms with Crippen molar-refractivity contribution in [1.29, 1.82) is 0 Å². The zero-order chi connectivity index (χ0) is 18.4. The van der Waals surface area contributed by atoms with Gasteiger partial charge in [-0.2, -0.15) is 0 Å².